The van der Waals surface area contributed by atoms with Crippen molar-refractivity contribution in [2.75, 3.05) is 19.6 Å². The molecule has 0 N–H and O–H groups in total. The number of hydrogen-bond acceptors (Lipinski definition) is 4. The third kappa shape index (κ3) is 5.19. The van der Waals surface area contributed by atoms with Crippen molar-refractivity contribution in [3.63, 3.8) is 0 Å². The van der Waals surface area contributed by atoms with Crippen LogP contribution in [0.5, 0.6) is 0 Å². The molecule has 4 nitrogen and oxygen atoms in total. The maximum atomic E-state index is 13.6. The molecular weight excluding hydrogens is 360 g/mol. The van der Waals surface area contributed by atoms with Gasteiger partial charge < -0.3 is 0 Å². The van der Waals surface area contributed by atoms with Crippen molar-refractivity contribution in [1.29, 1.82) is 0 Å². The predicted octanol–water partition coefficient (Wildman–Crippen LogP) is 4.22. The van der Waals surface area contributed by atoms with Gasteiger partial charge in [-0.1, -0.05) is 18.7 Å². The maximum absolute atomic E-state index is 13.6. The zero-order valence-electron chi connectivity index (χ0n) is 16.0. The lowest BCUT2D eigenvalue weighted by atomic mass is 9.78. The summed E-state index contributed by atoms with van der Waals surface area (Å²) in [5, 5.41) is 0. The first-order valence-corrected chi connectivity index (χ1v) is 9.88. The van der Waals surface area contributed by atoms with Crippen LogP contribution in [0.25, 0.3) is 0 Å². The van der Waals surface area contributed by atoms with Crippen molar-refractivity contribution in [3.8, 4) is 0 Å². The zero-order valence-corrected chi connectivity index (χ0v) is 16.0. The number of likely N-dealkylation sites (tertiary alicyclic amines) is 1. The van der Waals surface area contributed by atoms with E-state index in [1.54, 1.807) is 12.3 Å². The minimum absolute atomic E-state index is 0.00186. The van der Waals surface area contributed by atoms with Gasteiger partial charge >= 0.3 is 0 Å². The van der Waals surface area contributed by atoms with Crippen LogP contribution in [0.15, 0.2) is 58.7 Å². The second-order valence-electron chi connectivity index (χ2n) is 7.58. The highest BCUT2D eigenvalue weighted by molar-refractivity contribution is 5.90. The number of aliphatic imine (C=N–C) groups is 2. The van der Waals surface area contributed by atoms with Gasteiger partial charge in [-0.25, -0.2) is 8.78 Å². The second kappa shape index (κ2) is 9.82. The number of carbonyl (C=O) groups is 1. The maximum Gasteiger partial charge on any atom is 0.160 e. The first-order chi connectivity index (χ1) is 13.6. The van der Waals surface area contributed by atoms with Crippen molar-refractivity contribution in [3.05, 3.63) is 48.7 Å². The zero-order chi connectivity index (χ0) is 19.9. The molecule has 6 heteroatoms. The summed E-state index contributed by atoms with van der Waals surface area (Å²) in [6.45, 7) is 5.76. The van der Waals surface area contributed by atoms with Crippen molar-refractivity contribution in [1.82, 2.24) is 4.90 Å². The molecule has 3 atom stereocenters. The number of piperidine rings is 1. The Balaban J connectivity index is 1.49. The number of ketones is 1. The van der Waals surface area contributed by atoms with Gasteiger partial charge in [-0.15, -0.1) is 0 Å². The van der Waals surface area contributed by atoms with Gasteiger partial charge in [-0.3, -0.25) is 19.7 Å². The molecule has 0 amide bonds. The molecule has 0 aromatic carbocycles. The van der Waals surface area contributed by atoms with Crippen LogP contribution in [-0.4, -0.2) is 48.8 Å². The molecule has 1 fully saturated rings. The molecule has 28 heavy (non-hydrogen) atoms. The number of nitrogens with zero attached hydrogens (tertiary/aromatic N) is 3. The van der Waals surface area contributed by atoms with Crippen LogP contribution in [0, 0.1) is 17.8 Å². The van der Waals surface area contributed by atoms with Crippen molar-refractivity contribution in [2.24, 2.45) is 27.7 Å². The van der Waals surface area contributed by atoms with Crippen LogP contribution in [0.1, 0.15) is 25.7 Å². The molecule has 3 heterocycles. The molecule has 2 unspecified atom stereocenters. The van der Waals surface area contributed by atoms with E-state index in [1.807, 2.05) is 12.3 Å². The molecule has 0 aromatic rings. The summed E-state index contributed by atoms with van der Waals surface area (Å²) in [4.78, 5) is 23.7. The number of Topliss-reactive ketones (excluding diaryl/α,β-unsaturated/α-hetero) is 1. The van der Waals surface area contributed by atoms with Crippen LogP contribution in [0.3, 0.4) is 0 Å². The number of halogens is 2. The van der Waals surface area contributed by atoms with Crippen molar-refractivity contribution < 1.29 is 13.6 Å². The van der Waals surface area contributed by atoms with Crippen LogP contribution < -0.4 is 0 Å². The topological polar surface area (TPSA) is 45.0 Å². The molecular formula is C22H27F2N3O. The molecule has 3 rings (SSSR count). The predicted molar refractivity (Wildman–Crippen MR) is 109 cm³/mol. The summed E-state index contributed by atoms with van der Waals surface area (Å²) in [5.41, 5.74) is 0. The highest BCUT2D eigenvalue weighted by atomic mass is 19.1. The molecule has 0 radical (unpaired) electrons. The quantitative estimate of drug-likeness (QED) is 0.614. The van der Waals surface area contributed by atoms with Crippen molar-refractivity contribution in [2.45, 2.75) is 31.7 Å². The molecule has 1 saturated heterocycles. The Morgan fingerprint density at radius 2 is 2.14 bits per heavy atom. The summed E-state index contributed by atoms with van der Waals surface area (Å²) < 4.78 is 26.6. The Labute approximate surface area is 165 Å². The lowest BCUT2D eigenvalue weighted by Crippen LogP contribution is -2.41. The Hall–Kier alpha value is -2.21. The monoisotopic (exact) mass is 387 g/mol. The highest BCUT2D eigenvalue weighted by Crippen LogP contribution is 2.34. The average molecular weight is 387 g/mol. The van der Waals surface area contributed by atoms with Gasteiger partial charge in [0.15, 0.2) is 5.78 Å². The standard InChI is InChI=1S/C22H27F2N3O/c1-2-18(23)5-3-4-10-27-11-7-16(8-12-27)22(28)21-20(6-9-26-21)17-13-19(24)15-25-14-17/h2-5,9,14-17,20-21H,1,6-8,10-13H2/b4-3+,18-5+/t17?,20-,21?/m0/s1. The molecule has 0 bridgehead atoms. The van der Waals surface area contributed by atoms with Crippen LogP contribution >= 0.6 is 0 Å². The van der Waals surface area contributed by atoms with Gasteiger partial charge in [0.2, 0.25) is 0 Å². The molecule has 0 aromatic heterocycles. The number of hydrogen-bond donors (Lipinski definition) is 0. The summed E-state index contributed by atoms with van der Waals surface area (Å²) >= 11 is 0. The van der Waals surface area contributed by atoms with E-state index < -0.39 is 0 Å². The van der Waals surface area contributed by atoms with Gasteiger partial charge in [0.05, 0.1) is 6.20 Å². The lowest BCUT2D eigenvalue weighted by Gasteiger charge is -2.33. The summed E-state index contributed by atoms with van der Waals surface area (Å²) in [6, 6.07) is -0.370. The van der Waals surface area contributed by atoms with E-state index in [0.717, 1.165) is 32.5 Å². The number of carbonyl (C=O) groups excluding carboxylic acids is 1. The number of allylic oxidation sites excluding steroid dienone is 5. The Bertz CT molecular complexity index is 730. The van der Waals surface area contributed by atoms with E-state index in [2.05, 4.69) is 21.5 Å². The van der Waals surface area contributed by atoms with E-state index >= 15 is 0 Å². The largest absolute Gasteiger partial charge is 0.300 e. The van der Waals surface area contributed by atoms with Crippen LogP contribution in [0.2, 0.25) is 0 Å². The SMILES string of the molecule is C=C/C(F)=C\C=C\CN1CCC(C(=O)C2N=CC[C@H]2C2C=NC=C(F)C2)CC1. The first-order valence-electron chi connectivity index (χ1n) is 9.88. The molecule has 3 aliphatic rings. The second-order valence-corrected chi connectivity index (χ2v) is 7.58. The summed E-state index contributed by atoms with van der Waals surface area (Å²) in [7, 11) is 0. The minimum atomic E-state index is -0.370. The average Bonchev–Trinajstić information content (AvgIpc) is 3.21. The molecule has 150 valence electrons. The summed E-state index contributed by atoms with van der Waals surface area (Å²) in [5.74, 6) is -0.436. The van der Waals surface area contributed by atoms with E-state index in [-0.39, 0.29) is 41.2 Å². The minimum Gasteiger partial charge on any atom is -0.300 e. The fourth-order valence-corrected chi connectivity index (χ4v) is 4.14. The van der Waals surface area contributed by atoms with E-state index in [4.69, 9.17) is 0 Å². The van der Waals surface area contributed by atoms with Gasteiger partial charge in [0.25, 0.3) is 0 Å². The molecule has 0 aliphatic carbocycles. The van der Waals surface area contributed by atoms with E-state index in [0.29, 0.717) is 12.8 Å². The van der Waals surface area contributed by atoms with Crippen LogP contribution in [0.4, 0.5) is 8.78 Å². The van der Waals surface area contributed by atoms with E-state index in [9.17, 15) is 13.6 Å². The third-order valence-corrected chi connectivity index (χ3v) is 5.75. The van der Waals surface area contributed by atoms with Crippen LogP contribution in [-0.2, 0) is 4.79 Å². The number of rotatable bonds is 7. The molecule has 0 spiro atoms. The van der Waals surface area contributed by atoms with Gasteiger partial charge in [-0.2, -0.15) is 0 Å². The Morgan fingerprint density at radius 3 is 2.86 bits per heavy atom. The fourth-order valence-electron chi connectivity index (χ4n) is 4.14. The third-order valence-electron chi connectivity index (χ3n) is 5.75. The van der Waals surface area contributed by atoms with Gasteiger partial charge in [0, 0.05) is 36.9 Å². The smallest absolute Gasteiger partial charge is 0.160 e. The highest BCUT2D eigenvalue weighted by Gasteiger charge is 2.40. The lowest BCUT2D eigenvalue weighted by molar-refractivity contribution is -0.126. The van der Waals surface area contributed by atoms with Crippen molar-refractivity contribution >= 4 is 18.2 Å². The Kier molecular flexibility index (Phi) is 7.20. The van der Waals surface area contributed by atoms with Gasteiger partial charge in [0.1, 0.15) is 17.7 Å². The molecule has 0 saturated carbocycles. The fraction of sp³-hybridized carbons (Fsp3) is 0.500. The normalized spacial score (nSPS) is 29.4. The Morgan fingerprint density at radius 1 is 1.36 bits per heavy atom. The first kappa shape index (κ1) is 20.5. The van der Waals surface area contributed by atoms with Gasteiger partial charge in [-0.05, 0) is 50.7 Å². The summed E-state index contributed by atoms with van der Waals surface area (Å²) in [6.07, 6.45) is 13.6. The molecule has 3 aliphatic heterocycles. The van der Waals surface area contributed by atoms with E-state index in [1.165, 1.54) is 18.4 Å².